The van der Waals surface area contributed by atoms with Crippen LogP contribution in [0.2, 0.25) is 0 Å². The smallest absolute Gasteiger partial charge is 0.160 e. The molecule has 2 rings (SSSR count). The van der Waals surface area contributed by atoms with Gasteiger partial charge in [0.2, 0.25) is 0 Å². The topological polar surface area (TPSA) is 55.2 Å². The predicted molar refractivity (Wildman–Crippen MR) is 59.9 cm³/mol. The second-order valence-corrected chi connectivity index (χ2v) is 4.46. The van der Waals surface area contributed by atoms with Gasteiger partial charge in [0, 0.05) is 24.6 Å². The maximum absolute atomic E-state index is 9.52. The van der Waals surface area contributed by atoms with Crippen molar-refractivity contribution in [3.63, 3.8) is 0 Å². The molecule has 0 aliphatic heterocycles. The first-order valence-corrected chi connectivity index (χ1v) is 5.66. The van der Waals surface area contributed by atoms with Crippen molar-refractivity contribution in [2.24, 2.45) is 0 Å². The second-order valence-electron chi connectivity index (χ2n) is 4.46. The van der Waals surface area contributed by atoms with Crippen molar-refractivity contribution in [2.45, 2.75) is 44.8 Å². The van der Waals surface area contributed by atoms with Crippen LogP contribution in [-0.2, 0) is 10.3 Å². The lowest BCUT2D eigenvalue weighted by Gasteiger charge is -2.38. The molecule has 1 aliphatic carbocycles. The van der Waals surface area contributed by atoms with Gasteiger partial charge in [-0.3, -0.25) is 0 Å². The molecule has 1 heterocycles. The third-order valence-corrected chi connectivity index (χ3v) is 3.43. The number of rotatable bonds is 3. The third kappa shape index (κ3) is 1.72. The summed E-state index contributed by atoms with van der Waals surface area (Å²) < 4.78 is 5.53. The maximum atomic E-state index is 9.52. The molecule has 1 aliphatic rings. The van der Waals surface area contributed by atoms with E-state index < -0.39 is 6.10 Å². The van der Waals surface area contributed by atoms with Gasteiger partial charge in [-0.2, -0.15) is 0 Å². The number of hydrogen-bond acceptors (Lipinski definition) is 4. The fourth-order valence-corrected chi connectivity index (χ4v) is 2.12. The number of aliphatic hydroxyl groups excluding tert-OH is 1. The Morgan fingerprint density at radius 2 is 2.19 bits per heavy atom. The number of methoxy groups -OCH3 is 1. The Balaban J connectivity index is 2.34. The first-order valence-electron chi connectivity index (χ1n) is 5.66. The van der Waals surface area contributed by atoms with Crippen molar-refractivity contribution < 1.29 is 9.84 Å². The van der Waals surface area contributed by atoms with Crippen LogP contribution in [0.4, 0.5) is 0 Å². The third-order valence-electron chi connectivity index (χ3n) is 3.43. The van der Waals surface area contributed by atoms with E-state index in [0.29, 0.717) is 0 Å². The zero-order valence-electron chi connectivity index (χ0n) is 10.0. The molecule has 0 radical (unpaired) electrons. The SMILES string of the molecule is COC1(c2ncc([C@H](C)O)c(C)n2)CCC1. The average molecular weight is 222 g/mol. The molecule has 0 aromatic carbocycles. The highest BCUT2D eigenvalue weighted by atomic mass is 16.5. The predicted octanol–water partition coefficient (Wildman–Crippen LogP) is 1.86. The Morgan fingerprint density at radius 3 is 2.56 bits per heavy atom. The molecule has 0 unspecified atom stereocenters. The number of aryl methyl sites for hydroxylation is 1. The van der Waals surface area contributed by atoms with Crippen LogP contribution in [-0.4, -0.2) is 22.2 Å². The van der Waals surface area contributed by atoms with Gasteiger partial charge in [-0.1, -0.05) is 0 Å². The minimum Gasteiger partial charge on any atom is -0.389 e. The van der Waals surface area contributed by atoms with Crippen molar-refractivity contribution >= 4 is 0 Å². The van der Waals surface area contributed by atoms with Crippen LogP contribution in [0.15, 0.2) is 6.20 Å². The van der Waals surface area contributed by atoms with Gasteiger partial charge in [0.05, 0.1) is 6.10 Å². The van der Waals surface area contributed by atoms with Crippen molar-refractivity contribution in [1.29, 1.82) is 0 Å². The minimum absolute atomic E-state index is 0.276. The molecule has 88 valence electrons. The quantitative estimate of drug-likeness (QED) is 0.848. The van der Waals surface area contributed by atoms with Gasteiger partial charge in [-0.25, -0.2) is 9.97 Å². The van der Waals surface area contributed by atoms with E-state index in [1.807, 2.05) is 6.92 Å². The zero-order chi connectivity index (χ0) is 11.8. The monoisotopic (exact) mass is 222 g/mol. The van der Waals surface area contributed by atoms with Crippen LogP contribution >= 0.6 is 0 Å². The lowest BCUT2D eigenvalue weighted by Crippen LogP contribution is -2.38. The van der Waals surface area contributed by atoms with Crippen molar-refractivity contribution in [2.75, 3.05) is 7.11 Å². The van der Waals surface area contributed by atoms with Gasteiger partial charge < -0.3 is 9.84 Å². The van der Waals surface area contributed by atoms with Gasteiger partial charge in [-0.05, 0) is 33.1 Å². The van der Waals surface area contributed by atoms with Crippen molar-refractivity contribution in [1.82, 2.24) is 9.97 Å². The fraction of sp³-hybridized carbons (Fsp3) is 0.667. The molecular weight excluding hydrogens is 204 g/mol. The fourth-order valence-electron chi connectivity index (χ4n) is 2.12. The Morgan fingerprint density at radius 1 is 1.50 bits per heavy atom. The lowest BCUT2D eigenvalue weighted by molar-refractivity contribution is -0.0848. The van der Waals surface area contributed by atoms with Gasteiger partial charge >= 0.3 is 0 Å². The Hall–Kier alpha value is -1.00. The molecule has 1 atom stereocenters. The average Bonchev–Trinajstić information content (AvgIpc) is 2.16. The number of aliphatic hydroxyl groups is 1. The maximum Gasteiger partial charge on any atom is 0.160 e. The van der Waals surface area contributed by atoms with E-state index in [1.165, 1.54) is 0 Å². The highest BCUT2D eigenvalue weighted by Gasteiger charge is 2.41. The number of aromatic nitrogens is 2. The molecule has 1 aromatic heterocycles. The molecule has 0 spiro atoms. The molecule has 0 bridgehead atoms. The summed E-state index contributed by atoms with van der Waals surface area (Å²) in [6.45, 7) is 3.62. The highest BCUT2D eigenvalue weighted by molar-refractivity contribution is 5.21. The van der Waals surface area contributed by atoms with E-state index in [1.54, 1.807) is 20.2 Å². The molecule has 1 N–H and O–H groups in total. The first-order chi connectivity index (χ1) is 7.59. The van der Waals surface area contributed by atoms with Crippen LogP contribution < -0.4 is 0 Å². The normalized spacial score (nSPS) is 20.2. The number of nitrogens with zero attached hydrogens (tertiary/aromatic N) is 2. The summed E-state index contributed by atoms with van der Waals surface area (Å²) in [6.07, 6.45) is 4.32. The summed E-state index contributed by atoms with van der Waals surface area (Å²) in [6, 6.07) is 0. The molecular formula is C12H18N2O2. The number of hydrogen-bond donors (Lipinski definition) is 1. The molecule has 1 aromatic rings. The summed E-state index contributed by atoms with van der Waals surface area (Å²) >= 11 is 0. The zero-order valence-corrected chi connectivity index (χ0v) is 10.0. The van der Waals surface area contributed by atoms with Crippen molar-refractivity contribution in [3.8, 4) is 0 Å². The van der Waals surface area contributed by atoms with Crippen LogP contribution in [0.25, 0.3) is 0 Å². The van der Waals surface area contributed by atoms with Crippen LogP contribution in [0.3, 0.4) is 0 Å². The summed E-state index contributed by atoms with van der Waals surface area (Å²) in [5.41, 5.74) is 1.35. The van der Waals surface area contributed by atoms with Gasteiger partial charge in [-0.15, -0.1) is 0 Å². The second kappa shape index (κ2) is 4.11. The van der Waals surface area contributed by atoms with Crippen LogP contribution in [0, 0.1) is 6.92 Å². The lowest BCUT2D eigenvalue weighted by atomic mass is 9.79. The standard InChI is InChI=1S/C12H18N2O2/c1-8-10(9(2)15)7-13-11(14-8)12(16-3)5-4-6-12/h7,9,15H,4-6H2,1-3H3/t9-/m0/s1. The molecule has 16 heavy (non-hydrogen) atoms. The Bertz CT molecular complexity index is 381. The van der Waals surface area contributed by atoms with Gasteiger partial charge in [0.25, 0.3) is 0 Å². The Labute approximate surface area is 95.7 Å². The van der Waals surface area contributed by atoms with Crippen molar-refractivity contribution in [3.05, 3.63) is 23.3 Å². The number of ether oxygens (including phenoxy) is 1. The van der Waals surface area contributed by atoms with Crippen LogP contribution in [0.1, 0.15) is 49.4 Å². The summed E-state index contributed by atoms with van der Waals surface area (Å²) in [5, 5.41) is 9.52. The van der Waals surface area contributed by atoms with E-state index >= 15 is 0 Å². The first kappa shape index (κ1) is 11.5. The van der Waals surface area contributed by atoms with E-state index in [2.05, 4.69) is 9.97 Å². The van der Waals surface area contributed by atoms with E-state index in [-0.39, 0.29) is 5.60 Å². The molecule has 4 nitrogen and oxygen atoms in total. The molecule has 1 saturated carbocycles. The van der Waals surface area contributed by atoms with E-state index in [4.69, 9.17) is 4.74 Å². The minimum atomic E-state index is -0.520. The summed E-state index contributed by atoms with van der Waals surface area (Å²) in [5.74, 6) is 0.753. The van der Waals surface area contributed by atoms with E-state index in [9.17, 15) is 5.11 Å². The van der Waals surface area contributed by atoms with E-state index in [0.717, 1.165) is 36.3 Å². The summed E-state index contributed by atoms with van der Waals surface area (Å²) in [4.78, 5) is 8.79. The molecule has 4 heteroatoms. The summed E-state index contributed by atoms with van der Waals surface area (Å²) in [7, 11) is 1.71. The van der Waals surface area contributed by atoms with Crippen LogP contribution in [0.5, 0.6) is 0 Å². The highest BCUT2D eigenvalue weighted by Crippen LogP contribution is 2.42. The molecule has 0 saturated heterocycles. The molecule has 0 amide bonds. The largest absolute Gasteiger partial charge is 0.389 e. The van der Waals surface area contributed by atoms with Gasteiger partial charge in [0.15, 0.2) is 5.82 Å². The Kier molecular flexibility index (Phi) is 2.95. The van der Waals surface area contributed by atoms with Gasteiger partial charge in [0.1, 0.15) is 5.60 Å². The molecule has 1 fully saturated rings.